The second-order valence-electron chi connectivity index (χ2n) is 4.59. The summed E-state index contributed by atoms with van der Waals surface area (Å²) < 4.78 is 0. The topological polar surface area (TPSA) is 24.4 Å². The lowest BCUT2D eigenvalue weighted by atomic mass is 9.99. The number of hydrogen-bond acceptors (Lipinski definition) is 2. The fraction of sp³-hybridized carbons (Fsp3) is 0.471. The lowest BCUT2D eigenvalue weighted by Crippen LogP contribution is -2.04. The molecule has 0 saturated heterocycles. The van der Waals surface area contributed by atoms with Crippen molar-refractivity contribution in [2.45, 2.75) is 53.4 Å². The molecular formula is C17H28N2. The molecule has 0 fully saturated rings. The lowest BCUT2D eigenvalue weighted by Gasteiger charge is -2.08. The van der Waals surface area contributed by atoms with Crippen LogP contribution >= 0.6 is 0 Å². The summed E-state index contributed by atoms with van der Waals surface area (Å²) >= 11 is 0. The van der Waals surface area contributed by atoms with Crippen LogP contribution in [0.2, 0.25) is 0 Å². The van der Waals surface area contributed by atoms with Crippen LogP contribution in [0.4, 0.5) is 0 Å². The highest BCUT2D eigenvalue weighted by Gasteiger charge is 1.99. The third-order valence-electron chi connectivity index (χ3n) is 3.16. The van der Waals surface area contributed by atoms with Crippen LogP contribution in [0, 0.1) is 0 Å². The van der Waals surface area contributed by atoms with Gasteiger partial charge in [0.15, 0.2) is 0 Å². The van der Waals surface area contributed by atoms with E-state index in [0.717, 1.165) is 24.1 Å². The van der Waals surface area contributed by atoms with Crippen molar-refractivity contribution in [1.82, 2.24) is 5.43 Å². The number of nitrogens with zero attached hydrogens (tertiary/aromatic N) is 1. The van der Waals surface area contributed by atoms with Gasteiger partial charge >= 0.3 is 0 Å². The summed E-state index contributed by atoms with van der Waals surface area (Å²) in [6, 6.07) is 0. The van der Waals surface area contributed by atoms with Crippen LogP contribution in [0.1, 0.15) is 53.4 Å². The highest BCUT2D eigenvalue weighted by molar-refractivity contribution is 5.37. The van der Waals surface area contributed by atoms with Gasteiger partial charge in [0.05, 0.1) is 5.70 Å². The van der Waals surface area contributed by atoms with Gasteiger partial charge in [-0.2, -0.15) is 5.10 Å². The first kappa shape index (κ1) is 17.4. The molecule has 0 spiro atoms. The zero-order valence-electron chi connectivity index (χ0n) is 12.9. The first-order valence-electron chi connectivity index (χ1n) is 7.01. The molecule has 0 rings (SSSR count). The largest absolute Gasteiger partial charge is 0.279 e. The van der Waals surface area contributed by atoms with Crippen LogP contribution in [0.25, 0.3) is 0 Å². The van der Waals surface area contributed by atoms with Gasteiger partial charge in [-0.15, -0.1) is 0 Å². The van der Waals surface area contributed by atoms with Crippen LogP contribution in [0.5, 0.6) is 0 Å². The highest BCUT2D eigenvalue weighted by atomic mass is 15.3. The second kappa shape index (κ2) is 10.4. The minimum absolute atomic E-state index is 0.900. The molecule has 1 N–H and O–H groups in total. The summed E-state index contributed by atoms with van der Waals surface area (Å²) in [7, 11) is 0. The Labute approximate surface area is 118 Å². The summed E-state index contributed by atoms with van der Waals surface area (Å²) in [4.78, 5) is 0. The van der Waals surface area contributed by atoms with Crippen LogP contribution in [0.15, 0.2) is 52.3 Å². The molecule has 2 nitrogen and oxygen atoms in total. The minimum Gasteiger partial charge on any atom is -0.279 e. The van der Waals surface area contributed by atoms with Gasteiger partial charge in [-0.25, -0.2) is 0 Å². The van der Waals surface area contributed by atoms with Gasteiger partial charge in [0.1, 0.15) is 0 Å². The van der Waals surface area contributed by atoms with Crippen molar-refractivity contribution in [2.75, 3.05) is 0 Å². The van der Waals surface area contributed by atoms with Crippen LogP contribution in [0.3, 0.4) is 0 Å². The zero-order valence-corrected chi connectivity index (χ0v) is 12.9. The van der Waals surface area contributed by atoms with Crippen molar-refractivity contribution in [2.24, 2.45) is 5.10 Å². The standard InChI is InChI=1S/C17H28N2/c1-7-11-16(8-2)14(4)12-10-13-15(5)17(9-3)19-18-6/h9-10,13,19H,5-8,11-12H2,1-4H3/b13-10-,16-14+,17-9-. The van der Waals surface area contributed by atoms with Gasteiger partial charge < -0.3 is 0 Å². The third-order valence-corrected chi connectivity index (χ3v) is 3.16. The van der Waals surface area contributed by atoms with Crippen molar-refractivity contribution in [3.63, 3.8) is 0 Å². The molecule has 0 saturated carbocycles. The molecule has 0 aliphatic heterocycles. The molecule has 0 aromatic rings. The lowest BCUT2D eigenvalue weighted by molar-refractivity contribution is 0.834. The van der Waals surface area contributed by atoms with Crippen molar-refractivity contribution in [3.8, 4) is 0 Å². The first-order valence-corrected chi connectivity index (χ1v) is 7.01. The predicted molar refractivity (Wildman–Crippen MR) is 87.2 cm³/mol. The molecule has 0 aliphatic rings. The molecular weight excluding hydrogens is 232 g/mol. The highest BCUT2D eigenvalue weighted by Crippen LogP contribution is 2.18. The first-order chi connectivity index (χ1) is 9.10. The SMILES string of the molecule is C=NN/C(=C\C)C(=C)/C=C\C/C(C)=C(\CC)CCC. The molecule has 19 heavy (non-hydrogen) atoms. The summed E-state index contributed by atoms with van der Waals surface area (Å²) in [5.41, 5.74) is 7.72. The molecule has 0 aromatic carbocycles. The molecule has 0 atom stereocenters. The monoisotopic (exact) mass is 260 g/mol. The Hall–Kier alpha value is -1.57. The zero-order chi connectivity index (χ0) is 14.7. The van der Waals surface area contributed by atoms with Gasteiger partial charge in [0.2, 0.25) is 0 Å². The maximum Gasteiger partial charge on any atom is 0.0585 e. The molecule has 106 valence electrons. The van der Waals surface area contributed by atoms with Crippen molar-refractivity contribution in [3.05, 3.63) is 47.2 Å². The van der Waals surface area contributed by atoms with Crippen molar-refractivity contribution < 1.29 is 0 Å². The summed E-state index contributed by atoms with van der Waals surface area (Å²) in [6.45, 7) is 16.1. The smallest absolute Gasteiger partial charge is 0.0585 e. The van der Waals surface area contributed by atoms with E-state index in [1.807, 2.05) is 19.1 Å². The number of hydrazone groups is 1. The van der Waals surface area contributed by atoms with Gasteiger partial charge in [-0.05, 0) is 38.7 Å². The van der Waals surface area contributed by atoms with Crippen LogP contribution < -0.4 is 5.43 Å². The fourth-order valence-electron chi connectivity index (χ4n) is 2.01. The molecule has 0 aromatic heterocycles. The van der Waals surface area contributed by atoms with E-state index < -0.39 is 0 Å². The molecule has 0 unspecified atom stereocenters. The molecule has 0 bridgehead atoms. The maximum absolute atomic E-state index is 4.02. The molecule has 0 heterocycles. The maximum atomic E-state index is 4.02. The normalized spacial score (nSPS) is 13.4. The Balaban J connectivity index is 4.58. The molecule has 0 aliphatic carbocycles. The van der Waals surface area contributed by atoms with Crippen molar-refractivity contribution in [1.29, 1.82) is 0 Å². The summed E-state index contributed by atoms with van der Waals surface area (Å²) in [5.74, 6) is 0. The van der Waals surface area contributed by atoms with E-state index in [0.29, 0.717) is 0 Å². The van der Waals surface area contributed by atoms with Crippen molar-refractivity contribution >= 4 is 6.72 Å². The average Bonchev–Trinajstić information content (AvgIpc) is 2.41. The Morgan fingerprint density at radius 1 is 1.32 bits per heavy atom. The minimum atomic E-state index is 0.900. The van der Waals surface area contributed by atoms with Gasteiger partial charge in [0.25, 0.3) is 0 Å². The van der Waals surface area contributed by atoms with Gasteiger partial charge in [-0.3, -0.25) is 5.43 Å². The predicted octanol–water partition coefficient (Wildman–Crippen LogP) is 5.12. The Morgan fingerprint density at radius 3 is 2.47 bits per heavy atom. The quantitative estimate of drug-likeness (QED) is 0.264. The summed E-state index contributed by atoms with van der Waals surface area (Å²) in [6.07, 6.45) is 10.7. The number of hydrogen-bond donors (Lipinski definition) is 1. The van der Waals surface area contributed by atoms with E-state index in [2.05, 4.69) is 50.7 Å². The number of rotatable bonds is 9. The molecule has 2 heteroatoms. The fourth-order valence-corrected chi connectivity index (χ4v) is 2.01. The Bertz CT molecular complexity index is 384. The van der Waals surface area contributed by atoms with E-state index >= 15 is 0 Å². The third kappa shape index (κ3) is 6.80. The second-order valence-corrected chi connectivity index (χ2v) is 4.59. The van der Waals surface area contributed by atoms with E-state index in [1.54, 1.807) is 5.57 Å². The average molecular weight is 260 g/mol. The summed E-state index contributed by atoms with van der Waals surface area (Å²) in [5, 5.41) is 3.66. The Kier molecular flexibility index (Phi) is 9.51. The molecule has 0 radical (unpaired) electrons. The van der Waals surface area contributed by atoms with E-state index in [4.69, 9.17) is 0 Å². The van der Waals surface area contributed by atoms with E-state index in [-0.39, 0.29) is 0 Å². The number of allylic oxidation sites excluding steroid dienone is 5. The van der Waals surface area contributed by atoms with Gasteiger partial charge in [0, 0.05) is 6.72 Å². The number of nitrogens with one attached hydrogen (secondary N) is 1. The van der Waals surface area contributed by atoms with Crippen LogP contribution in [-0.4, -0.2) is 6.72 Å². The molecule has 0 amide bonds. The van der Waals surface area contributed by atoms with Crippen LogP contribution in [-0.2, 0) is 0 Å². The van der Waals surface area contributed by atoms with Gasteiger partial charge in [-0.1, -0.05) is 56.2 Å². The Morgan fingerprint density at radius 2 is 2.00 bits per heavy atom. The van der Waals surface area contributed by atoms with E-state index in [9.17, 15) is 0 Å². The van der Waals surface area contributed by atoms with E-state index in [1.165, 1.54) is 18.4 Å².